The Morgan fingerprint density at radius 3 is 2.66 bits per heavy atom. The Morgan fingerprint density at radius 1 is 1.14 bits per heavy atom. The van der Waals surface area contributed by atoms with Crippen molar-refractivity contribution >= 4 is 16.8 Å². The maximum atomic E-state index is 12.7. The second-order valence-electron chi connectivity index (χ2n) is 7.68. The molecule has 3 heterocycles. The van der Waals surface area contributed by atoms with Crippen molar-refractivity contribution < 1.29 is 4.79 Å². The van der Waals surface area contributed by atoms with Crippen molar-refractivity contribution in [1.82, 2.24) is 19.8 Å². The van der Waals surface area contributed by atoms with E-state index in [-0.39, 0.29) is 17.4 Å². The highest BCUT2D eigenvalue weighted by Gasteiger charge is 2.25. The molecule has 4 rings (SSSR count). The van der Waals surface area contributed by atoms with Gasteiger partial charge in [0.15, 0.2) is 0 Å². The van der Waals surface area contributed by atoms with Crippen LogP contribution in [0.2, 0.25) is 0 Å². The highest BCUT2D eigenvalue weighted by molar-refractivity contribution is 5.79. The molecule has 0 bridgehead atoms. The summed E-state index contributed by atoms with van der Waals surface area (Å²) in [6, 6.07) is 15.6. The summed E-state index contributed by atoms with van der Waals surface area (Å²) in [5.74, 6) is 0.117. The molecule has 0 radical (unpaired) electrons. The first kappa shape index (κ1) is 19.3. The zero-order chi connectivity index (χ0) is 20.2. The Labute approximate surface area is 170 Å². The lowest BCUT2D eigenvalue weighted by atomic mass is 9.95. The molecule has 0 unspecified atom stereocenters. The van der Waals surface area contributed by atoms with Gasteiger partial charge in [0.25, 0.3) is 5.56 Å². The molecule has 6 heteroatoms. The molecule has 1 amide bonds. The number of likely N-dealkylation sites (tertiary alicyclic amines) is 1. The van der Waals surface area contributed by atoms with Gasteiger partial charge in [0.1, 0.15) is 0 Å². The number of fused-ring (bicyclic) bond motifs is 1. The quantitative estimate of drug-likeness (QED) is 0.727. The Bertz CT molecular complexity index is 1050. The van der Waals surface area contributed by atoms with Gasteiger partial charge in [0.05, 0.1) is 17.8 Å². The Kier molecular flexibility index (Phi) is 5.71. The molecule has 1 fully saturated rings. The third-order valence-corrected chi connectivity index (χ3v) is 5.73. The minimum absolute atomic E-state index is 0.0226. The predicted molar refractivity (Wildman–Crippen MR) is 113 cm³/mol. The third-order valence-electron chi connectivity index (χ3n) is 5.73. The number of nitrogens with one attached hydrogen (secondary N) is 1. The van der Waals surface area contributed by atoms with E-state index >= 15 is 0 Å². The van der Waals surface area contributed by atoms with Gasteiger partial charge in [0, 0.05) is 31.3 Å². The molecular formula is C23H26N4O2. The van der Waals surface area contributed by atoms with Crippen molar-refractivity contribution in [3.63, 3.8) is 0 Å². The molecule has 0 spiro atoms. The number of benzene rings is 1. The SMILES string of the molecule is Cn1c(=O)c(CN2CCC(C(=O)NCc3ccccn3)CC2)cc2ccccc21. The first-order chi connectivity index (χ1) is 14.1. The number of hydrogen-bond donors (Lipinski definition) is 1. The summed E-state index contributed by atoms with van der Waals surface area (Å²) in [5, 5.41) is 4.07. The molecule has 150 valence electrons. The maximum absolute atomic E-state index is 12.7. The van der Waals surface area contributed by atoms with Crippen LogP contribution in [0.3, 0.4) is 0 Å². The number of hydrogen-bond acceptors (Lipinski definition) is 4. The standard InChI is InChI=1S/C23H26N4O2/c1-26-21-8-3-2-6-18(21)14-19(23(26)29)16-27-12-9-17(10-13-27)22(28)25-15-20-7-4-5-11-24-20/h2-8,11,14,17H,9-10,12-13,15-16H2,1H3,(H,25,28). The molecular weight excluding hydrogens is 364 g/mol. The number of aryl methyl sites for hydroxylation is 1. The van der Waals surface area contributed by atoms with Crippen LogP contribution in [0.1, 0.15) is 24.1 Å². The molecule has 1 saturated heterocycles. The number of para-hydroxylation sites is 1. The Balaban J connectivity index is 1.34. The highest BCUT2D eigenvalue weighted by atomic mass is 16.2. The van der Waals surface area contributed by atoms with Crippen LogP contribution < -0.4 is 10.9 Å². The van der Waals surface area contributed by atoms with Crippen molar-refractivity contribution in [2.75, 3.05) is 13.1 Å². The van der Waals surface area contributed by atoms with E-state index in [1.165, 1.54) is 0 Å². The van der Waals surface area contributed by atoms with Crippen molar-refractivity contribution in [3.8, 4) is 0 Å². The number of amides is 1. The van der Waals surface area contributed by atoms with Gasteiger partial charge in [-0.3, -0.25) is 19.5 Å². The first-order valence-electron chi connectivity index (χ1n) is 10.1. The molecule has 2 aromatic heterocycles. The molecule has 1 aliphatic heterocycles. The van der Waals surface area contributed by atoms with Gasteiger partial charge in [-0.15, -0.1) is 0 Å². The maximum Gasteiger partial charge on any atom is 0.255 e. The molecule has 1 aliphatic rings. The van der Waals surface area contributed by atoms with Crippen molar-refractivity contribution in [2.45, 2.75) is 25.9 Å². The van der Waals surface area contributed by atoms with E-state index in [2.05, 4.69) is 15.2 Å². The molecule has 3 aromatic rings. The summed E-state index contributed by atoms with van der Waals surface area (Å²) < 4.78 is 1.72. The number of pyridine rings is 2. The van der Waals surface area contributed by atoms with Gasteiger partial charge in [-0.25, -0.2) is 0 Å². The van der Waals surface area contributed by atoms with Crippen LogP contribution in [0.4, 0.5) is 0 Å². The molecule has 0 atom stereocenters. The van der Waals surface area contributed by atoms with Crippen molar-refractivity contribution in [1.29, 1.82) is 0 Å². The number of carbonyl (C=O) groups excluding carboxylic acids is 1. The fourth-order valence-electron chi connectivity index (χ4n) is 4.02. The minimum Gasteiger partial charge on any atom is -0.350 e. The number of rotatable bonds is 5. The van der Waals surface area contributed by atoms with Crippen LogP contribution >= 0.6 is 0 Å². The highest BCUT2D eigenvalue weighted by Crippen LogP contribution is 2.20. The van der Waals surface area contributed by atoms with Gasteiger partial charge in [0.2, 0.25) is 5.91 Å². The topological polar surface area (TPSA) is 67.2 Å². The number of aromatic nitrogens is 2. The van der Waals surface area contributed by atoms with Crippen LogP contribution in [-0.2, 0) is 24.9 Å². The number of piperidine rings is 1. The van der Waals surface area contributed by atoms with E-state index < -0.39 is 0 Å². The molecule has 29 heavy (non-hydrogen) atoms. The predicted octanol–water partition coefficient (Wildman–Crippen LogP) is 2.46. The Morgan fingerprint density at radius 2 is 1.90 bits per heavy atom. The fourth-order valence-corrected chi connectivity index (χ4v) is 4.02. The molecule has 1 N–H and O–H groups in total. The summed E-state index contributed by atoms with van der Waals surface area (Å²) in [6.07, 6.45) is 3.35. The van der Waals surface area contributed by atoms with Gasteiger partial charge in [-0.2, -0.15) is 0 Å². The van der Waals surface area contributed by atoms with E-state index in [0.717, 1.165) is 48.1 Å². The summed E-state index contributed by atoms with van der Waals surface area (Å²) in [6.45, 7) is 2.72. The molecule has 0 aliphatic carbocycles. The minimum atomic E-state index is 0.0226. The lowest BCUT2D eigenvalue weighted by molar-refractivity contribution is -0.126. The van der Waals surface area contributed by atoms with Gasteiger partial charge < -0.3 is 9.88 Å². The largest absolute Gasteiger partial charge is 0.350 e. The van der Waals surface area contributed by atoms with Gasteiger partial charge in [-0.1, -0.05) is 24.3 Å². The summed E-state index contributed by atoms with van der Waals surface area (Å²) >= 11 is 0. The second-order valence-corrected chi connectivity index (χ2v) is 7.68. The monoisotopic (exact) mass is 390 g/mol. The molecule has 0 saturated carbocycles. The summed E-state index contributed by atoms with van der Waals surface area (Å²) in [4.78, 5) is 31.7. The summed E-state index contributed by atoms with van der Waals surface area (Å²) in [5.41, 5.74) is 2.68. The molecule has 6 nitrogen and oxygen atoms in total. The van der Waals surface area contributed by atoms with E-state index in [9.17, 15) is 9.59 Å². The van der Waals surface area contributed by atoms with Crippen LogP contribution in [0, 0.1) is 5.92 Å². The molecule has 1 aromatic carbocycles. The van der Waals surface area contributed by atoms with E-state index in [4.69, 9.17) is 0 Å². The van der Waals surface area contributed by atoms with E-state index in [1.54, 1.807) is 10.8 Å². The Hall–Kier alpha value is -2.99. The van der Waals surface area contributed by atoms with E-state index in [1.807, 2.05) is 55.6 Å². The lowest BCUT2D eigenvalue weighted by Crippen LogP contribution is -2.41. The third kappa shape index (κ3) is 4.38. The second kappa shape index (κ2) is 8.57. The lowest BCUT2D eigenvalue weighted by Gasteiger charge is -2.31. The van der Waals surface area contributed by atoms with Crippen LogP contribution in [-0.4, -0.2) is 33.4 Å². The van der Waals surface area contributed by atoms with Crippen LogP contribution in [0.5, 0.6) is 0 Å². The van der Waals surface area contributed by atoms with Crippen LogP contribution in [0.15, 0.2) is 59.5 Å². The number of nitrogens with zero attached hydrogens (tertiary/aromatic N) is 3. The first-order valence-corrected chi connectivity index (χ1v) is 10.1. The normalized spacial score (nSPS) is 15.5. The average molecular weight is 390 g/mol. The van der Waals surface area contributed by atoms with Crippen molar-refractivity contribution in [2.24, 2.45) is 13.0 Å². The van der Waals surface area contributed by atoms with Crippen LogP contribution in [0.25, 0.3) is 10.9 Å². The van der Waals surface area contributed by atoms with Gasteiger partial charge >= 0.3 is 0 Å². The smallest absolute Gasteiger partial charge is 0.255 e. The van der Waals surface area contributed by atoms with Gasteiger partial charge in [-0.05, 0) is 55.6 Å². The number of carbonyl (C=O) groups is 1. The fraction of sp³-hybridized carbons (Fsp3) is 0.348. The van der Waals surface area contributed by atoms with Crippen molar-refractivity contribution in [3.05, 3.63) is 76.3 Å². The zero-order valence-corrected chi connectivity index (χ0v) is 16.7. The zero-order valence-electron chi connectivity index (χ0n) is 16.7. The average Bonchev–Trinajstić information content (AvgIpc) is 2.77. The summed E-state index contributed by atoms with van der Waals surface area (Å²) in [7, 11) is 1.83. The van der Waals surface area contributed by atoms with E-state index in [0.29, 0.717) is 13.1 Å².